The Morgan fingerprint density at radius 1 is 1.12 bits per heavy atom. The van der Waals surface area contributed by atoms with E-state index in [9.17, 15) is 0 Å². The van der Waals surface area contributed by atoms with Gasteiger partial charge in [0.2, 0.25) is 0 Å². The first-order valence-corrected chi connectivity index (χ1v) is 6.40. The molecular weight excluding hydrogens is 214 g/mol. The Morgan fingerprint density at radius 3 is 2.38 bits per heavy atom. The molecule has 2 aromatic rings. The van der Waals surface area contributed by atoms with Crippen molar-refractivity contribution in [3.63, 3.8) is 0 Å². The summed E-state index contributed by atoms with van der Waals surface area (Å²) in [7, 11) is 0. The molecule has 16 heavy (non-hydrogen) atoms. The molecule has 1 atom stereocenters. The molecule has 2 N–H and O–H groups in total. The van der Waals surface area contributed by atoms with Gasteiger partial charge in [0.15, 0.2) is 0 Å². The Bertz CT molecular complexity index is 456. The SMILES string of the molecule is Cc1ccc(CC(N)c2ccsc2C)cc1. The molecule has 1 nitrogen and oxygen atoms in total. The van der Waals surface area contributed by atoms with Crippen molar-refractivity contribution in [3.05, 3.63) is 57.3 Å². The Kier molecular flexibility index (Phi) is 3.42. The van der Waals surface area contributed by atoms with Crippen molar-refractivity contribution in [2.24, 2.45) is 5.73 Å². The van der Waals surface area contributed by atoms with Crippen LogP contribution in [-0.2, 0) is 6.42 Å². The number of rotatable bonds is 3. The number of benzene rings is 1. The predicted molar refractivity (Wildman–Crippen MR) is 70.9 cm³/mol. The van der Waals surface area contributed by atoms with Crippen LogP contribution in [0.5, 0.6) is 0 Å². The minimum Gasteiger partial charge on any atom is -0.324 e. The van der Waals surface area contributed by atoms with Crippen LogP contribution in [0.2, 0.25) is 0 Å². The second kappa shape index (κ2) is 4.81. The van der Waals surface area contributed by atoms with Gasteiger partial charge in [-0.3, -0.25) is 0 Å². The molecule has 1 unspecified atom stereocenters. The lowest BCUT2D eigenvalue weighted by Crippen LogP contribution is -2.13. The largest absolute Gasteiger partial charge is 0.324 e. The fourth-order valence-electron chi connectivity index (χ4n) is 1.87. The zero-order chi connectivity index (χ0) is 11.5. The molecule has 0 aliphatic carbocycles. The molecule has 0 radical (unpaired) electrons. The molecule has 0 spiro atoms. The van der Waals surface area contributed by atoms with E-state index >= 15 is 0 Å². The lowest BCUT2D eigenvalue weighted by Gasteiger charge is -2.11. The molecule has 0 aliphatic rings. The van der Waals surface area contributed by atoms with Gasteiger partial charge in [-0.2, -0.15) is 0 Å². The van der Waals surface area contributed by atoms with Crippen molar-refractivity contribution < 1.29 is 0 Å². The molecule has 1 aromatic heterocycles. The maximum absolute atomic E-state index is 6.22. The van der Waals surface area contributed by atoms with Crippen LogP contribution in [-0.4, -0.2) is 0 Å². The summed E-state index contributed by atoms with van der Waals surface area (Å²) in [6.07, 6.45) is 0.915. The van der Waals surface area contributed by atoms with E-state index in [0.29, 0.717) is 0 Å². The first-order valence-electron chi connectivity index (χ1n) is 5.52. The zero-order valence-corrected chi connectivity index (χ0v) is 10.6. The molecule has 0 amide bonds. The molecule has 0 saturated heterocycles. The van der Waals surface area contributed by atoms with E-state index in [1.807, 2.05) is 0 Å². The van der Waals surface area contributed by atoms with Gasteiger partial charge in [-0.25, -0.2) is 0 Å². The fraction of sp³-hybridized carbons (Fsp3) is 0.286. The molecule has 1 heterocycles. The second-order valence-electron chi connectivity index (χ2n) is 4.23. The molecule has 84 valence electrons. The third kappa shape index (κ3) is 2.52. The average molecular weight is 231 g/mol. The van der Waals surface area contributed by atoms with Crippen molar-refractivity contribution in [2.75, 3.05) is 0 Å². The number of thiophene rings is 1. The molecular formula is C14H17NS. The van der Waals surface area contributed by atoms with Crippen LogP contribution in [0.1, 0.15) is 27.6 Å². The van der Waals surface area contributed by atoms with E-state index in [1.165, 1.54) is 21.6 Å². The summed E-state index contributed by atoms with van der Waals surface area (Å²) in [6.45, 7) is 4.24. The van der Waals surface area contributed by atoms with Crippen LogP contribution >= 0.6 is 11.3 Å². The summed E-state index contributed by atoms with van der Waals surface area (Å²) >= 11 is 1.77. The summed E-state index contributed by atoms with van der Waals surface area (Å²) in [6, 6.07) is 10.9. The van der Waals surface area contributed by atoms with Crippen LogP contribution in [0.25, 0.3) is 0 Å². The van der Waals surface area contributed by atoms with E-state index < -0.39 is 0 Å². The third-order valence-corrected chi connectivity index (χ3v) is 3.74. The predicted octanol–water partition coefficient (Wildman–Crippen LogP) is 3.61. The Morgan fingerprint density at radius 2 is 1.81 bits per heavy atom. The normalized spacial score (nSPS) is 12.7. The van der Waals surface area contributed by atoms with Crippen LogP contribution in [0.15, 0.2) is 35.7 Å². The van der Waals surface area contributed by atoms with Gasteiger partial charge in [0.05, 0.1) is 0 Å². The smallest absolute Gasteiger partial charge is 0.0346 e. The second-order valence-corrected chi connectivity index (χ2v) is 5.35. The molecule has 2 rings (SSSR count). The van der Waals surface area contributed by atoms with Crippen LogP contribution in [0, 0.1) is 13.8 Å². The highest BCUT2D eigenvalue weighted by Crippen LogP contribution is 2.23. The fourth-order valence-corrected chi connectivity index (χ4v) is 2.64. The summed E-state index contributed by atoms with van der Waals surface area (Å²) in [5, 5.41) is 2.11. The van der Waals surface area contributed by atoms with Gasteiger partial charge in [0, 0.05) is 10.9 Å². The third-order valence-electron chi connectivity index (χ3n) is 2.87. The molecule has 2 heteroatoms. The van der Waals surface area contributed by atoms with E-state index in [1.54, 1.807) is 11.3 Å². The Labute approximate surface area is 101 Å². The Hall–Kier alpha value is -1.12. The van der Waals surface area contributed by atoms with Crippen molar-refractivity contribution in [1.29, 1.82) is 0 Å². The summed E-state index contributed by atoms with van der Waals surface area (Å²) in [5.74, 6) is 0. The summed E-state index contributed by atoms with van der Waals surface area (Å²) in [5.41, 5.74) is 10.1. The maximum atomic E-state index is 6.22. The van der Waals surface area contributed by atoms with E-state index in [0.717, 1.165) is 6.42 Å². The van der Waals surface area contributed by atoms with Gasteiger partial charge in [-0.1, -0.05) is 29.8 Å². The first kappa shape index (κ1) is 11.4. The van der Waals surface area contributed by atoms with E-state index in [-0.39, 0.29) is 6.04 Å². The molecule has 0 saturated carbocycles. The minimum absolute atomic E-state index is 0.119. The maximum Gasteiger partial charge on any atom is 0.0346 e. The molecule has 0 fully saturated rings. The lowest BCUT2D eigenvalue weighted by atomic mass is 10.00. The quantitative estimate of drug-likeness (QED) is 0.858. The number of aryl methyl sites for hydroxylation is 2. The average Bonchev–Trinajstić information content (AvgIpc) is 2.68. The van der Waals surface area contributed by atoms with Gasteiger partial charge < -0.3 is 5.73 Å². The van der Waals surface area contributed by atoms with E-state index in [4.69, 9.17) is 5.73 Å². The van der Waals surface area contributed by atoms with Crippen molar-refractivity contribution in [3.8, 4) is 0 Å². The number of nitrogens with two attached hydrogens (primary N) is 1. The van der Waals surface area contributed by atoms with Gasteiger partial charge in [0.1, 0.15) is 0 Å². The zero-order valence-electron chi connectivity index (χ0n) is 9.73. The standard InChI is InChI=1S/C14H17NS/c1-10-3-5-12(6-4-10)9-14(15)13-7-8-16-11(13)2/h3-8,14H,9,15H2,1-2H3. The molecule has 1 aromatic carbocycles. The molecule has 0 aliphatic heterocycles. The topological polar surface area (TPSA) is 26.0 Å². The van der Waals surface area contributed by atoms with E-state index in [2.05, 4.69) is 49.6 Å². The minimum atomic E-state index is 0.119. The lowest BCUT2D eigenvalue weighted by molar-refractivity contribution is 0.720. The highest BCUT2D eigenvalue weighted by Gasteiger charge is 2.10. The first-order chi connectivity index (χ1) is 7.66. The highest BCUT2D eigenvalue weighted by molar-refractivity contribution is 7.10. The van der Waals surface area contributed by atoms with Crippen LogP contribution in [0.4, 0.5) is 0 Å². The Balaban J connectivity index is 2.10. The molecule has 0 bridgehead atoms. The van der Waals surface area contributed by atoms with Gasteiger partial charge in [-0.05, 0) is 42.8 Å². The summed E-state index contributed by atoms with van der Waals surface area (Å²) < 4.78 is 0. The van der Waals surface area contributed by atoms with Gasteiger partial charge >= 0.3 is 0 Å². The van der Waals surface area contributed by atoms with Crippen LogP contribution < -0.4 is 5.73 Å². The van der Waals surface area contributed by atoms with Gasteiger partial charge in [0.25, 0.3) is 0 Å². The van der Waals surface area contributed by atoms with Crippen molar-refractivity contribution in [2.45, 2.75) is 26.3 Å². The summed E-state index contributed by atoms with van der Waals surface area (Å²) in [4.78, 5) is 1.33. The van der Waals surface area contributed by atoms with Crippen LogP contribution in [0.3, 0.4) is 0 Å². The van der Waals surface area contributed by atoms with Crippen molar-refractivity contribution >= 4 is 11.3 Å². The highest BCUT2D eigenvalue weighted by atomic mass is 32.1. The number of hydrogen-bond acceptors (Lipinski definition) is 2. The number of hydrogen-bond donors (Lipinski definition) is 1. The van der Waals surface area contributed by atoms with Gasteiger partial charge in [-0.15, -0.1) is 11.3 Å². The monoisotopic (exact) mass is 231 g/mol. The van der Waals surface area contributed by atoms with Crippen molar-refractivity contribution in [1.82, 2.24) is 0 Å².